The van der Waals surface area contributed by atoms with E-state index in [1.807, 2.05) is 26.0 Å². The van der Waals surface area contributed by atoms with Gasteiger partial charge in [-0.2, -0.15) is 0 Å². The molecule has 0 spiro atoms. The molecule has 0 unspecified atom stereocenters. The smallest absolute Gasteiger partial charge is 0.315 e. The van der Waals surface area contributed by atoms with Gasteiger partial charge in [0.25, 0.3) is 0 Å². The monoisotopic (exact) mass is 256 g/mol. The number of esters is 1. The Morgan fingerprint density at radius 1 is 1.24 bits per heavy atom. The average Bonchev–Trinajstić information content (AvgIpc) is 2.29. The Labute approximate surface area is 109 Å². The molecule has 1 rings (SSSR count). The van der Waals surface area contributed by atoms with Gasteiger partial charge in [0.1, 0.15) is 0 Å². The fourth-order valence-electron chi connectivity index (χ4n) is 1.24. The molecule has 96 valence electrons. The molecule has 0 bridgehead atoms. The molecule has 0 aliphatic heterocycles. The summed E-state index contributed by atoms with van der Waals surface area (Å²) in [6.07, 6.45) is 1.25. The van der Waals surface area contributed by atoms with Gasteiger partial charge >= 0.3 is 5.97 Å². The Morgan fingerprint density at radius 3 is 2.00 bits per heavy atom. The zero-order valence-corrected chi connectivity index (χ0v) is 12.0. The van der Waals surface area contributed by atoms with Gasteiger partial charge in [-0.1, -0.05) is 44.0 Å². The van der Waals surface area contributed by atoms with Crippen LogP contribution in [-0.4, -0.2) is 13.1 Å². The van der Waals surface area contributed by atoms with Crippen LogP contribution in [0.1, 0.15) is 39.7 Å². The number of hydrogen-bond acceptors (Lipinski definition) is 2. The number of benzene rings is 1. The number of halogens is 1. The van der Waals surface area contributed by atoms with Gasteiger partial charge < -0.3 is 4.74 Å². The Hall–Kier alpha value is -1.02. The molecule has 17 heavy (non-hydrogen) atoms. The zero-order chi connectivity index (χ0) is 13.5. The van der Waals surface area contributed by atoms with E-state index in [-0.39, 0.29) is 5.97 Å². The number of hydrogen-bond donors (Lipinski definition) is 0. The molecule has 0 aliphatic rings. The van der Waals surface area contributed by atoms with Gasteiger partial charge in [-0.3, -0.25) is 4.79 Å². The van der Waals surface area contributed by atoms with Gasteiger partial charge in [-0.25, -0.2) is 0 Å². The highest BCUT2D eigenvalue weighted by Gasteiger charge is 2.30. The molecule has 0 saturated carbocycles. The van der Waals surface area contributed by atoms with Crippen molar-refractivity contribution in [1.82, 2.24) is 0 Å². The fraction of sp³-hybridized carbons (Fsp3) is 0.500. The number of methoxy groups -OCH3 is 1. The maximum Gasteiger partial charge on any atom is 0.315 e. The summed E-state index contributed by atoms with van der Waals surface area (Å²) in [7, 11) is 1.39. The molecular weight excluding hydrogens is 236 g/mol. The fourth-order valence-corrected chi connectivity index (χ4v) is 1.37. The third kappa shape index (κ3) is 4.78. The molecule has 3 heteroatoms. The number of rotatable bonds is 2. The molecule has 0 atom stereocenters. The van der Waals surface area contributed by atoms with E-state index in [2.05, 4.69) is 13.8 Å². The summed E-state index contributed by atoms with van der Waals surface area (Å²) < 4.78 is 4.73. The lowest BCUT2D eigenvalue weighted by atomic mass is 9.85. The highest BCUT2D eigenvalue weighted by molar-refractivity contribution is 6.30. The van der Waals surface area contributed by atoms with Gasteiger partial charge in [0.15, 0.2) is 0 Å². The summed E-state index contributed by atoms with van der Waals surface area (Å²) in [5, 5.41) is 0.661. The standard InChI is InChI=1S/C11H13ClO2.C3H8/c1-11(2,10(13)14-3)8-4-6-9(12)7-5-8;1-3-2/h4-7H,1-3H3;3H2,1-2H3. The molecular formula is C14H21ClO2. The molecule has 0 aliphatic carbocycles. The van der Waals surface area contributed by atoms with E-state index in [0.29, 0.717) is 5.02 Å². The predicted octanol–water partition coefficient (Wildman–Crippen LogP) is 4.21. The van der Waals surface area contributed by atoms with Gasteiger partial charge in [-0.05, 0) is 31.5 Å². The first kappa shape index (κ1) is 16.0. The summed E-state index contributed by atoms with van der Waals surface area (Å²) in [6, 6.07) is 7.20. The van der Waals surface area contributed by atoms with Crippen molar-refractivity contribution < 1.29 is 9.53 Å². The Morgan fingerprint density at radius 2 is 1.65 bits per heavy atom. The third-order valence-corrected chi connectivity index (χ3v) is 2.51. The van der Waals surface area contributed by atoms with Crippen LogP contribution in [0, 0.1) is 0 Å². The van der Waals surface area contributed by atoms with Crippen LogP contribution in [0.5, 0.6) is 0 Å². The van der Waals surface area contributed by atoms with Crippen molar-refractivity contribution in [3.8, 4) is 0 Å². The van der Waals surface area contributed by atoms with Crippen molar-refractivity contribution in [3.05, 3.63) is 34.9 Å². The first-order valence-corrected chi connectivity index (χ1v) is 6.12. The Balaban J connectivity index is 0.000000770. The Bertz CT molecular complexity index is 342. The highest BCUT2D eigenvalue weighted by Crippen LogP contribution is 2.25. The molecule has 0 amide bonds. The van der Waals surface area contributed by atoms with Crippen LogP contribution in [0.3, 0.4) is 0 Å². The molecule has 1 aromatic carbocycles. The van der Waals surface area contributed by atoms with Crippen molar-refractivity contribution >= 4 is 17.6 Å². The van der Waals surface area contributed by atoms with Crippen LogP contribution in [-0.2, 0) is 14.9 Å². The summed E-state index contributed by atoms with van der Waals surface area (Å²) >= 11 is 5.76. The largest absolute Gasteiger partial charge is 0.468 e. The van der Waals surface area contributed by atoms with Gasteiger partial charge in [-0.15, -0.1) is 0 Å². The summed E-state index contributed by atoms with van der Waals surface area (Å²) in [5.41, 5.74) is 0.271. The van der Waals surface area contributed by atoms with Crippen LogP contribution >= 0.6 is 11.6 Å². The van der Waals surface area contributed by atoms with E-state index in [9.17, 15) is 4.79 Å². The second-order valence-corrected chi connectivity index (χ2v) is 4.77. The molecule has 1 aromatic rings. The highest BCUT2D eigenvalue weighted by atomic mass is 35.5. The lowest BCUT2D eigenvalue weighted by molar-refractivity contribution is -0.146. The molecule has 0 radical (unpaired) electrons. The Kier molecular flexibility index (Phi) is 6.89. The summed E-state index contributed by atoms with van der Waals surface area (Å²) in [6.45, 7) is 7.89. The number of ether oxygens (including phenoxy) is 1. The van der Waals surface area contributed by atoms with Crippen LogP contribution < -0.4 is 0 Å². The van der Waals surface area contributed by atoms with Crippen molar-refractivity contribution in [2.24, 2.45) is 0 Å². The summed E-state index contributed by atoms with van der Waals surface area (Å²) in [4.78, 5) is 11.5. The van der Waals surface area contributed by atoms with E-state index in [4.69, 9.17) is 16.3 Å². The van der Waals surface area contributed by atoms with Crippen molar-refractivity contribution in [3.63, 3.8) is 0 Å². The quantitative estimate of drug-likeness (QED) is 0.741. The normalized spacial score (nSPS) is 10.2. The first-order valence-electron chi connectivity index (χ1n) is 5.74. The second kappa shape index (κ2) is 7.33. The first-order chi connectivity index (χ1) is 7.89. The van der Waals surface area contributed by atoms with Gasteiger partial charge in [0.05, 0.1) is 12.5 Å². The number of carbonyl (C=O) groups excluding carboxylic acids is 1. The van der Waals surface area contributed by atoms with E-state index in [0.717, 1.165) is 5.56 Å². The lowest BCUT2D eigenvalue weighted by Gasteiger charge is -2.21. The molecule has 0 aromatic heterocycles. The molecule has 0 saturated heterocycles. The minimum atomic E-state index is -0.626. The maximum atomic E-state index is 11.5. The predicted molar refractivity (Wildman–Crippen MR) is 72.5 cm³/mol. The van der Waals surface area contributed by atoms with E-state index < -0.39 is 5.41 Å². The van der Waals surface area contributed by atoms with Crippen LogP contribution in [0.2, 0.25) is 5.02 Å². The zero-order valence-electron chi connectivity index (χ0n) is 11.2. The van der Waals surface area contributed by atoms with Gasteiger partial charge in [0.2, 0.25) is 0 Å². The van der Waals surface area contributed by atoms with E-state index in [1.165, 1.54) is 13.5 Å². The SMILES string of the molecule is CCC.COC(=O)C(C)(C)c1ccc(Cl)cc1. The van der Waals surface area contributed by atoms with Crippen molar-refractivity contribution in [2.75, 3.05) is 7.11 Å². The minimum absolute atomic E-state index is 0.250. The molecule has 0 fully saturated rings. The minimum Gasteiger partial charge on any atom is -0.468 e. The lowest BCUT2D eigenvalue weighted by Crippen LogP contribution is -2.30. The van der Waals surface area contributed by atoms with Crippen LogP contribution in [0.4, 0.5) is 0 Å². The van der Waals surface area contributed by atoms with Gasteiger partial charge in [0, 0.05) is 5.02 Å². The second-order valence-electron chi connectivity index (χ2n) is 4.33. The van der Waals surface area contributed by atoms with Crippen molar-refractivity contribution in [2.45, 2.75) is 39.5 Å². The number of carbonyl (C=O) groups is 1. The van der Waals surface area contributed by atoms with Crippen LogP contribution in [0.15, 0.2) is 24.3 Å². The van der Waals surface area contributed by atoms with Crippen LogP contribution in [0.25, 0.3) is 0 Å². The molecule has 2 nitrogen and oxygen atoms in total. The summed E-state index contributed by atoms with van der Waals surface area (Å²) in [5.74, 6) is -0.250. The topological polar surface area (TPSA) is 26.3 Å². The maximum absolute atomic E-state index is 11.5. The third-order valence-electron chi connectivity index (χ3n) is 2.26. The van der Waals surface area contributed by atoms with Crippen molar-refractivity contribution in [1.29, 1.82) is 0 Å². The molecule has 0 heterocycles. The van der Waals surface area contributed by atoms with E-state index in [1.54, 1.807) is 12.1 Å². The van der Waals surface area contributed by atoms with E-state index >= 15 is 0 Å². The molecule has 0 N–H and O–H groups in total. The average molecular weight is 257 g/mol.